The molecule has 1 N–H and O–H groups in total. The molecular formula is C36H36N2O4. The van der Waals surface area contributed by atoms with Gasteiger partial charge in [0.15, 0.2) is 0 Å². The van der Waals surface area contributed by atoms with E-state index in [1.54, 1.807) is 36.2 Å². The van der Waals surface area contributed by atoms with E-state index in [1.807, 2.05) is 85.8 Å². The number of carbonyl (C=O) groups excluding carboxylic acids is 3. The number of esters is 1. The van der Waals surface area contributed by atoms with Crippen molar-refractivity contribution in [2.24, 2.45) is 0 Å². The van der Waals surface area contributed by atoms with Crippen molar-refractivity contribution in [3.05, 3.63) is 125 Å². The summed E-state index contributed by atoms with van der Waals surface area (Å²) in [5.41, 5.74) is 6.40. The first-order chi connectivity index (χ1) is 20.4. The molecule has 0 aliphatic heterocycles. The number of hydrogen-bond acceptors (Lipinski definition) is 4. The molecule has 0 aliphatic rings. The van der Waals surface area contributed by atoms with Gasteiger partial charge in [-0.1, -0.05) is 78.4 Å². The molecule has 0 aliphatic carbocycles. The van der Waals surface area contributed by atoms with Crippen LogP contribution in [0.3, 0.4) is 0 Å². The maximum atomic E-state index is 13.4. The molecule has 0 saturated carbocycles. The van der Waals surface area contributed by atoms with Crippen LogP contribution in [0.4, 0.5) is 11.4 Å². The number of anilines is 2. The molecule has 0 spiro atoms. The molecule has 42 heavy (non-hydrogen) atoms. The Balaban J connectivity index is 1.41. The summed E-state index contributed by atoms with van der Waals surface area (Å²) in [6.45, 7) is 2.03. The summed E-state index contributed by atoms with van der Waals surface area (Å²) in [5, 5.41) is 2.96. The van der Waals surface area contributed by atoms with Crippen molar-refractivity contribution in [2.75, 3.05) is 24.4 Å². The van der Waals surface area contributed by atoms with E-state index >= 15 is 0 Å². The molecule has 2 amide bonds. The third kappa shape index (κ3) is 7.82. The van der Waals surface area contributed by atoms with Gasteiger partial charge in [0.2, 0.25) is 0 Å². The normalized spacial score (nSPS) is 10.8. The van der Waals surface area contributed by atoms with Gasteiger partial charge in [-0.3, -0.25) is 14.4 Å². The number of benzene rings is 4. The fraction of sp³-hybridized carbons (Fsp3) is 0.194. The van der Waals surface area contributed by atoms with Crippen LogP contribution in [0.5, 0.6) is 0 Å². The number of hydrogen-bond donors (Lipinski definition) is 1. The molecule has 4 rings (SSSR count). The summed E-state index contributed by atoms with van der Waals surface area (Å²) in [4.78, 5) is 39.4. The second-order valence-electron chi connectivity index (χ2n) is 10.1. The van der Waals surface area contributed by atoms with Gasteiger partial charge in [0.1, 0.15) is 0 Å². The minimum absolute atomic E-state index is 0.156. The van der Waals surface area contributed by atoms with Gasteiger partial charge in [-0.15, -0.1) is 0 Å². The Morgan fingerprint density at radius 2 is 1.52 bits per heavy atom. The Morgan fingerprint density at radius 1 is 0.833 bits per heavy atom. The lowest BCUT2D eigenvalue weighted by Gasteiger charge is -2.20. The summed E-state index contributed by atoms with van der Waals surface area (Å²) in [7, 11) is 3.15. The molecule has 6 nitrogen and oxygen atoms in total. The van der Waals surface area contributed by atoms with Crippen LogP contribution in [0.25, 0.3) is 17.2 Å². The van der Waals surface area contributed by atoms with E-state index < -0.39 is 0 Å². The van der Waals surface area contributed by atoms with E-state index in [4.69, 9.17) is 0 Å². The van der Waals surface area contributed by atoms with E-state index in [-0.39, 0.29) is 17.8 Å². The summed E-state index contributed by atoms with van der Waals surface area (Å²) in [6.07, 6.45) is 6.95. The van der Waals surface area contributed by atoms with Crippen molar-refractivity contribution < 1.29 is 19.1 Å². The molecule has 214 valence electrons. The zero-order valence-electron chi connectivity index (χ0n) is 24.3. The van der Waals surface area contributed by atoms with Crippen molar-refractivity contribution in [1.29, 1.82) is 0 Å². The van der Waals surface area contributed by atoms with Gasteiger partial charge in [0.25, 0.3) is 11.8 Å². The number of amides is 2. The van der Waals surface area contributed by atoms with Crippen LogP contribution in [0.2, 0.25) is 0 Å². The van der Waals surface area contributed by atoms with Gasteiger partial charge in [-0.25, -0.2) is 0 Å². The molecule has 0 aromatic heterocycles. The van der Waals surface area contributed by atoms with Crippen molar-refractivity contribution in [3.8, 4) is 11.1 Å². The van der Waals surface area contributed by atoms with Gasteiger partial charge in [0, 0.05) is 30.3 Å². The van der Waals surface area contributed by atoms with Crippen molar-refractivity contribution in [2.45, 2.75) is 32.6 Å². The van der Waals surface area contributed by atoms with Gasteiger partial charge in [-0.05, 0) is 79.3 Å². The Morgan fingerprint density at radius 3 is 2.26 bits per heavy atom. The third-order valence-corrected chi connectivity index (χ3v) is 7.05. The van der Waals surface area contributed by atoms with Gasteiger partial charge in [0.05, 0.1) is 12.8 Å². The molecule has 0 bridgehead atoms. The SMILES string of the molecule is COC(=O)CCCC/C=C/c1ccccc1N(C)C(=O)c1ccc(NC(=O)c2ccccc2-c2ccc(C)cc2)cc1. The molecular weight excluding hydrogens is 524 g/mol. The highest BCUT2D eigenvalue weighted by Crippen LogP contribution is 2.26. The second-order valence-corrected chi connectivity index (χ2v) is 10.1. The minimum Gasteiger partial charge on any atom is -0.469 e. The highest BCUT2D eigenvalue weighted by atomic mass is 16.5. The molecule has 6 heteroatoms. The smallest absolute Gasteiger partial charge is 0.305 e. The molecule has 0 heterocycles. The van der Waals surface area contributed by atoms with E-state index in [1.165, 1.54) is 7.11 Å². The average molecular weight is 561 g/mol. The molecule has 0 radical (unpaired) electrons. The number of rotatable bonds is 11. The molecule has 4 aromatic carbocycles. The largest absolute Gasteiger partial charge is 0.469 e. The number of allylic oxidation sites excluding steroid dienone is 1. The fourth-order valence-corrected chi connectivity index (χ4v) is 4.64. The number of para-hydroxylation sites is 1. The Labute approximate surface area is 247 Å². The van der Waals surface area contributed by atoms with Crippen LogP contribution < -0.4 is 10.2 Å². The second kappa shape index (κ2) is 14.6. The monoisotopic (exact) mass is 560 g/mol. The number of methoxy groups -OCH3 is 1. The van der Waals surface area contributed by atoms with Gasteiger partial charge in [-0.2, -0.15) is 0 Å². The molecule has 4 aromatic rings. The lowest BCUT2D eigenvalue weighted by molar-refractivity contribution is -0.140. The number of ether oxygens (including phenoxy) is 1. The average Bonchev–Trinajstić information content (AvgIpc) is 3.02. The predicted octanol–water partition coefficient (Wildman–Crippen LogP) is 7.94. The van der Waals surface area contributed by atoms with Gasteiger partial charge < -0.3 is 15.0 Å². The quantitative estimate of drug-likeness (QED) is 0.149. The zero-order valence-corrected chi connectivity index (χ0v) is 24.3. The van der Waals surface area contributed by atoms with Crippen LogP contribution in [-0.4, -0.2) is 31.9 Å². The fourth-order valence-electron chi connectivity index (χ4n) is 4.64. The minimum atomic E-state index is -0.214. The first-order valence-corrected chi connectivity index (χ1v) is 14.1. The third-order valence-electron chi connectivity index (χ3n) is 7.05. The summed E-state index contributed by atoms with van der Waals surface area (Å²) in [5.74, 6) is -0.562. The van der Waals surface area contributed by atoms with E-state index in [0.29, 0.717) is 23.2 Å². The maximum Gasteiger partial charge on any atom is 0.305 e. The maximum absolute atomic E-state index is 13.4. The van der Waals surface area contributed by atoms with E-state index in [2.05, 4.69) is 16.1 Å². The lowest BCUT2D eigenvalue weighted by atomic mass is 9.98. The zero-order chi connectivity index (χ0) is 29.9. The molecule has 0 atom stereocenters. The number of aryl methyl sites for hydroxylation is 1. The number of carbonyl (C=O) groups is 3. The van der Waals surface area contributed by atoms with Crippen LogP contribution in [0.1, 0.15) is 57.5 Å². The Bertz CT molecular complexity index is 1560. The van der Waals surface area contributed by atoms with Crippen molar-refractivity contribution >= 4 is 35.2 Å². The highest BCUT2D eigenvalue weighted by Gasteiger charge is 2.17. The molecule has 0 fully saturated rings. The Hall–Kier alpha value is -4.97. The van der Waals surface area contributed by atoms with E-state index in [0.717, 1.165) is 47.2 Å². The van der Waals surface area contributed by atoms with Crippen molar-refractivity contribution in [3.63, 3.8) is 0 Å². The summed E-state index contributed by atoms with van der Waals surface area (Å²) >= 11 is 0. The van der Waals surface area contributed by atoms with Crippen LogP contribution in [0.15, 0.2) is 103 Å². The summed E-state index contributed by atoms with van der Waals surface area (Å²) < 4.78 is 4.68. The molecule has 0 unspecified atom stereocenters. The van der Waals surface area contributed by atoms with Gasteiger partial charge >= 0.3 is 5.97 Å². The van der Waals surface area contributed by atoms with Crippen LogP contribution >= 0.6 is 0 Å². The summed E-state index contributed by atoms with van der Waals surface area (Å²) in [6, 6.07) is 30.3. The standard InChI is InChI=1S/C36H36N2O4/c1-26-18-20-27(21-19-26)31-14-9-10-15-32(31)35(40)37-30-24-22-29(23-25-30)36(41)38(2)33-16-11-8-13-28(33)12-6-4-5-7-17-34(39)42-3/h6,8-16,18-25H,4-5,7,17H2,1-3H3,(H,37,40)/b12-6+. The Kier molecular flexibility index (Phi) is 10.4. The molecule has 0 saturated heterocycles. The number of unbranched alkanes of at least 4 members (excludes halogenated alkanes) is 2. The number of nitrogens with one attached hydrogen (secondary N) is 1. The van der Waals surface area contributed by atoms with Crippen molar-refractivity contribution in [1.82, 2.24) is 0 Å². The first kappa shape index (κ1) is 30.0. The van der Waals surface area contributed by atoms with Crippen LogP contribution in [-0.2, 0) is 9.53 Å². The highest BCUT2D eigenvalue weighted by molar-refractivity contribution is 6.10. The number of nitrogens with zero attached hydrogens (tertiary/aromatic N) is 1. The lowest BCUT2D eigenvalue weighted by Crippen LogP contribution is -2.26. The van der Waals surface area contributed by atoms with E-state index in [9.17, 15) is 14.4 Å². The first-order valence-electron chi connectivity index (χ1n) is 14.1. The topological polar surface area (TPSA) is 75.7 Å². The van der Waals surface area contributed by atoms with Crippen LogP contribution in [0, 0.1) is 6.92 Å². The predicted molar refractivity (Wildman–Crippen MR) is 170 cm³/mol.